The number of fused-ring (bicyclic) bond motifs is 1. The predicted octanol–water partition coefficient (Wildman–Crippen LogP) is 4.38. The molecule has 21 heavy (non-hydrogen) atoms. The van der Waals surface area contributed by atoms with Crippen molar-refractivity contribution in [3.63, 3.8) is 0 Å². The van der Waals surface area contributed by atoms with Crippen LogP contribution in [-0.2, 0) is 13.0 Å². The summed E-state index contributed by atoms with van der Waals surface area (Å²) < 4.78 is 1.57. The van der Waals surface area contributed by atoms with Crippen LogP contribution in [0.3, 0.4) is 0 Å². The van der Waals surface area contributed by atoms with Crippen LogP contribution in [-0.4, -0.2) is 9.55 Å². The number of hydrogen-bond donors (Lipinski definition) is 0. The molecule has 0 radical (unpaired) electrons. The molecule has 0 bridgehead atoms. The second-order valence-corrected chi connectivity index (χ2v) is 6.66. The summed E-state index contributed by atoms with van der Waals surface area (Å²) in [5.41, 5.74) is 0.803. The lowest BCUT2D eigenvalue weighted by Gasteiger charge is -2.07. The second-order valence-electron chi connectivity index (χ2n) is 4.70. The van der Waals surface area contributed by atoms with Gasteiger partial charge in [-0.25, -0.2) is 4.98 Å². The summed E-state index contributed by atoms with van der Waals surface area (Å²) in [6.45, 7) is 2.45. The van der Waals surface area contributed by atoms with Gasteiger partial charge in [-0.3, -0.25) is 9.36 Å². The van der Waals surface area contributed by atoms with Gasteiger partial charge in [-0.2, -0.15) is 0 Å². The van der Waals surface area contributed by atoms with E-state index in [0.717, 1.165) is 21.7 Å². The highest BCUT2D eigenvalue weighted by molar-refractivity contribution is 7.18. The number of aryl methyl sites for hydroxylation is 1. The topological polar surface area (TPSA) is 34.9 Å². The fourth-order valence-corrected chi connectivity index (χ4v) is 3.52. The molecule has 0 saturated carbocycles. The molecule has 0 spiro atoms. The van der Waals surface area contributed by atoms with Crippen LogP contribution in [0.1, 0.15) is 17.4 Å². The zero-order valence-electron chi connectivity index (χ0n) is 11.3. The van der Waals surface area contributed by atoms with Gasteiger partial charge in [-0.1, -0.05) is 36.2 Å². The third-order valence-corrected chi connectivity index (χ3v) is 5.05. The van der Waals surface area contributed by atoms with E-state index in [-0.39, 0.29) is 5.56 Å². The van der Waals surface area contributed by atoms with E-state index in [2.05, 4.69) is 11.9 Å². The lowest BCUT2D eigenvalue weighted by Crippen LogP contribution is -2.20. The van der Waals surface area contributed by atoms with Crippen molar-refractivity contribution in [2.24, 2.45) is 0 Å². The minimum atomic E-state index is -0.0398. The van der Waals surface area contributed by atoms with Crippen LogP contribution in [0.25, 0.3) is 10.2 Å². The van der Waals surface area contributed by atoms with E-state index in [9.17, 15) is 4.79 Å². The monoisotopic (exact) mass is 338 g/mol. The number of rotatable bonds is 3. The van der Waals surface area contributed by atoms with E-state index in [1.165, 1.54) is 0 Å². The van der Waals surface area contributed by atoms with Crippen LogP contribution in [0.5, 0.6) is 0 Å². The highest BCUT2D eigenvalue weighted by atomic mass is 35.5. The average Bonchev–Trinajstić information content (AvgIpc) is 2.88. The third-order valence-electron chi connectivity index (χ3n) is 3.27. The van der Waals surface area contributed by atoms with Crippen molar-refractivity contribution in [3.8, 4) is 0 Å². The number of benzene rings is 1. The van der Waals surface area contributed by atoms with E-state index in [1.54, 1.807) is 34.4 Å². The van der Waals surface area contributed by atoms with Crippen molar-refractivity contribution in [2.45, 2.75) is 19.9 Å². The molecule has 2 aromatic heterocycles. The number of halogens is 2. The number of aromatic nitrogens is 2. The largest absolute Gasteiger partial charge is 0.294 e. The lowest BCUT2D eigenvalue weighted by molar-refractivity contribution is 0.749. The van der Waals surface area contributed by atoms with Gasteiger partial charge in [0.15, 0.2) is 0 Å². The van der Waals surface area contributed by atoms with Crippen molar-refractivity contribution in [1.82, 2.24) is 9.55 Å². The maximum atomic E-state index is 12.5. The Morgan fingerprint density at radius 2 is 2.10 bits per heavy atom. The van der Waals surface area contributed by atoms with Gasteiger partial charge in [0.1, 0.15) is 4.83 Å². The summed E-state index contributed by atoms with van der Waals surface area (Å²) in [4.78, 5) is 18.8. The number of thiophene rings is 1. The predicted molar refractivity (Wildman–Crippen MR) is 88.8 cm³/mol. The highest BCUT2D eigenvalue weighted by Crippen LogP contribution is 2.23. The number of nitrogens with zero attached hydrogens (tertiary/aromatic N) is 2. The van der Waals surface area contributed by atoms with Gasteiger partial charge < -0.3 is 0 Å². The lowest BCUT2D eigenvalue weighted by atomic mass is 10.2. The average molecular weight is 339 g/mol. The quantitative estimate of drug-likeness (QED) is 0.710. The van der Waals surface area contributed by atoms with E-state index in [0.29, 0.717) is 22.0 Å². The molecule has 0 saturated heterocycles. The second kappa shape index (κ2) is 5.79. The SMILES string of the molecule is CCc1cc2c(=O)n(Cc3ccc(Cl)cc3Cl)cnc2s1. The first-order valence-electron chi connectivity index (χ1n) is 6.50. The first-order chi connectivity index (χ1) is 10.1. The molecule has 108 valence electrons. The van der Waals surface area contributed by atoms with Crippen LogP contribution < -0.4 is 5.56 Å². The molecule has 0 amide bonds. The first kappa shape index (κ1) is 14.6. The van der Waals surface area contributed by atoms with Crippen LogP contribution in [0.2, 0.25) is 10.0 Å². The van der Waals surface area contributed by atoms with Gasteiger partial charge in [-0.15, -0.1) is 11.3 Å². The molecule has 0 atom stereocenters. The zero-order valence-corrected chi connectivity index (χ0v) is 13.6. The molecule has 0 N–H and O–H groups in total. The maximum absolute atomic E-state index is 12.5. The van der Waals surface area contributed by atoms with E-state index < -0.39 is 0 Å². The molecule has 6 heteroatoms. The summed E-state index contributed by atoms with van der Waals surface area (Å²) >= 11 is 13.6. The van der Waals surface area contributed by atoms with Gasteiger partial charge in [0.2, 0.25) is 0 Å². The van der Waals surface area contributed by atoms with Crippen LogP contribution in [0, 0.1) is 0 Å². The van der Waals surface area contributed by atoms with Crippen LogP contribution in [0.4, 0.5) is 0 Å². The molecule has 0 fully saturated rings. The van der Waals surface area contributed by atoms with Crippen molar-refractivity contribution >= 4 is 44.8 Å². The molecule has 0 unspecified atom stereocenters. The molecular weight excluding hydrogens is 327 g/mol. The van der Waals surface area contributed by atoms with Crippen molar-refractivity contribution < 1.29 is 0 Å². The molecule has 3 aromatic rings. The van der Waals surface area contributed by atoms with Gasteiger partial charge in [0, 0.05) is 14.9 Å². The van der Waals surface area contributed by atoms with Crippen molar-refractivity contribution in [3.05, 3.63) is 61.4 Å². The van der Waals surface area contributed by atoms with E-state index in [1.807, 2.05) is 12.1 Å². The van der Waals surface area contributed by atoms with Gasteiger partial charge in [-0.05, 0) is 30.2 Å². The molecular formula is C15H12Cl2N2OS. The molecule has 0 aliphatic carbocycles. The Balaban J connectivity index is 2.04. The summed E-state index contributed by atoms with van der Waals surface area (Å²) in [5, 5.41) is 1.80. The third kappa shape index (κ3) is 2.84. The minimum Gasteiger partial charge on any atom is -0.294 e. The van der Waals surface area contributed by atoms with Crippen LogP contribution in [0.15, 0.2) is 35.4 Å². The normalized spacial score (nSPS) is 11.2. The van der Waals surface area contributed by atoms with Crippen LogP contribution >= 0.6 is 34.5 Å². The maximum Gasteiger partial charge on any atom is 0.262 e. The fourth-order valence-electron chi connectivity index (χ4n) is 2.13. The summed E-state index contributed by atoms with van der Waals surface area (Å²) in [5.74, 6) is 0. The Labute approximate surface area is 135 Å². The van der Waals surface area contributed by atoms with Gasteiger partial charge in [0.25, 0.3) is 5.56 Å². The molecule has 0 aliphatic heterocycles. The zero-order chi connectivity index (χ0) is 15.0. The van der Waals surface area contributed by atoms with E-state index >= 15 is 0 Å². The van der Waals surface area contributed by atoms with Gasteiger partial charge >= 0.3 is 0 Å². The highest BCUT2D eigenvalue weighted by Gasteiger charge is 2.10. The number of hydrogen-bond acceptors (Lipinski definition) is 3. The standard InChI is InChI=1S/C15H12Cl2N2OS/c1-2-11-6-12-14(21-11)18-8-19(15(12)20)7-9-3-4-10(16)5-13(9)17/h3-6,8H,2,7H2,1H3. The minimum absolute atomic E-state index is 0.0398. The summed E-state index contributed by atoms with van der Waals surface area (Å²) in [6, 6.07) is 7.19. The fraction of sp³-hybridized carbons (Fsp3) is 0.200. The Kier molecular flexibility index (Phi) is 4.02. The molecule has 2 heterocycles. The van der Waals surface area contributed by atoms with Crippen molar-refractivity contribution in [2.75, 3.05) is 0 Å². The molecule has 1 aromatic carbocycles. The Hall–Kier alpha value is -1.36. The Morgan fingerprint density at radius 1 is 1.29 bits per heavy atom. The Bertz CT molecular complexity index is 870. The van der Waals surface area contributed by atoms with E-state index in [4.69, 9.17) is 23.2 Å². The molecule has 0 aliphatic rings. The van der Waals surface area contributed by atoms with Crippen molar-refractivity contribution in [1.29, 1.82) is 0 Å². The first-order valence-corrected chi connectivity index (χ1v) is 8.07. The molecule has 3 rings (SSSR count). The Morgan fingerprint density at radius 3 is 2.81 bits per heavy atom. The molecule has 3 nitrogen and oxygen atoms in total. The smallest absolute Gasteiger partial charge is 0.262 e. The summed E-state index contributed by atoms with van der Waals surface area (Å²) in [7, 11) is 0. The van der Waals surface area contributed by atoms with Gasteiger partial charge in [0.05, 0.1) is 18.3 Å². The summed E-state index contributed by atoms with van der Waals surface area (Å²) in [6.07, 6.45) is 2.48.